The third kappa shape index (κ3) is 11.3. The summed E-state index contributed by atoms with van der Waals surface area (Å²) >= 11 is 0. The van der Waals surface area contributed by atoms with Crippen LogP contribution in [-0.2, 0) is 37.5 Å². The Labute approximate surface area is 314 Å². The Morgan fingerprint density at radius 3 is 0.962 bits per heavy atom. The van der Waals surface area contributed by atoms with E-state index in [0.717, 1.165) is 20.7 Å². The molecule has 4 aromatic carbocycles. The Balaban J connectivity index is 1.27. The first-order chi connectivity index (χ1) is 24.5. The summed E-state index contributed by atoms with van der Waals surface area (Å²) in [7, 11) is -12.8. The predicted molar refractivity (Wildman–Crippen MR) is 214 cm³/mol. The molecule has 12 heteroatoms. The summed E-state index contributed by atoms with van der Waals surface area (Å²) < 4.78 is 79.5. The summed E-state index contributed by atoms with van der Waals surface area (Å²) in [5.41, 5.74) is -1.07. The molecule has 0 aliphatic heterocycles. The second-order valence-corrected chi connectivity index (χ2v) is 23.7. The lowest BCUT2D eigenvalue weighted by Crippen LogP contribution is -2.52. The lowest BCUT2D eigenvalue weighted by Gasteiger charge is -2.38. The van der Waals surface area contributed by atoms with Crippen molar-refractivity contribution < 1.29 is 34.1 Å². The van der Waals surface area contributed by atoms with E-state index in [0.29, 0.717) is 12.8 Å². The lowest BCUT2D eigenvalue weighted by atomic mass is 9.90. The van der Waals surface area contributed by atoms with Crippen LogP contribution in [0.5, 0.6) is 0 Å². The minimum Gasteiger partial charge on any atom is -0.406 e. The molecule has 0 spiro atoms. The molecule has 0 aromatic heterocycles. The standard InChI is InChI=1S/C40H52O8S2Si2/c1-39(2,3)37(47-51(31-19-11-7-12-20-31)32-21-13-8-14-22-32)29-49(41,42)45-35-27-28-36(35)46-50(43,44)30-38(40(4,5)6)48-52(33-23-15-9-16-24-33)34-25-17-10-18-26-34/h7-26,35-38,51-52H,27-30H2,1-6H3/t35-,36-,37?,38?/m0/s1. The fourth-order valence-electron chi connectivity index (χ4n) is 6.01. The molecule has 1 fully saturated rings. The summed E-state index contributed by atoms with van der Waals surface area (Å²) in [5, 5.41) is 4.16. The highest BCUT2D eigenvalue weighted by molar-refractivity contribution is 7.87. The summed E-state index contributed by atoms with van der Waals surface area (Å²) in [5.74, 6) is -0.749. The zero-order chi connectivity index (χ0) is 37.6. The van der Waals surface area contributed by atoms with Crippen LogP contribution in [0.3, 0.4) is 0 Å². The molecule has 2 unspecified atom stereocenters. The number of hydrogen-bond acceptors (Lipinski definition) is 8. The molecule has 0 heterocycles. The molecule has 52 heavy (non-hydrogen) atoms. The molecular formula is C40H52O8S2Si2. The second-order valence-electron chi connectivity index (χ2n) is 15.7. The molecule has 5 rings (SSSR count). The molecular weight excluding hydrogens is 729 g/mol. The van der Waals surface area contributed by atoms with Crippen LogP contribution in [0.2, 0.25) is 0 Å². The molecule has 0 radical (unpaired) electrons. The largest absolute Gasteiger partial charge is 0.406 e. The maximum atomic E-state index is 13.6. The van der Waals surface area contributed by atoms with Crippen LogP contribution in [0.25, 0.3) is 0 Å². The van der Waals surface area contributed by atoms with Gasteiger partial charge in [0.05, 0.1) is 12.2 Å². The Bertz CT molecular complexity index is 1700. The monoisotopic (exact) mass is 780 g/mol. The SMILES string of the molecule is CC(C)(C)C(CS(=O)(=O)O[C@H]1CC[C@@H]1OS(=O)(=O)CC(O[SiH](c1ccccc1)c1ccccc1)C(C)(C)C)O[SiH](c1ccccc1)c1ccccc1. The smallest absolute Gasteiger partial charge is 0.270 e. The first kappa shape index (κ1) is 40.2. The van der Waals surface area contributed by atoms with E-state index in [1.54, 1.807) is 0 Å². The molecule has 0 bridgehead atoms. The zero-order valence-electron chi connectivity index (χ0n) is 30.9. The molecule has 0 N–H and O–H groups in total. The van der Waals surface area contributed by atoms with Crippen LogP contribution in [0.15, 0.2) is 121 Å². The Hall–Kier alpha value is -2.95. The zero-order valence-corrected chi connectivity index (χ0v) is 34.9. The van der Waals surface area contributed by atoms with Crippen molar-refractivity contribution >= 4 is 59.1 Å². The second kappa shape index (κ2) is 17.0. The Morgan fingerprint density at radius 1 is 0.500 bits per heavy atom. The van der Waals surface area contributed by atoms with E-state index in [1.165, 1.54) is 0 Å². The van der Waals surface area contributed by atoms with Crippen LogP contribution in [0, 0.1) is 10.8 Å². The molecule has 0 amide bonds. The third-order valence-corrected chi connectivity index (χ3v) is 17.0. The number of hydrogen-bond donors (Lipinski definition) is 0. The van der Waals surface area contributed by atoms with Crippen molar-refractivity contribution in [3.8, 4) is 0 Å². The van der Waals surface area contributed by atoms with E-state index in [1.807, 2.05) is 163 Å². The van der Waals surface area contributed by atoms with Crippen LogP contribution in [0.1, 0.15) is 54.4 Å². The molecule has 4 atom stereocenters. The topological polar surface area (TPSA) is 105 Å². The minimum absolute atomic E-state index is 0.363. The summed E-state index contributed by atoms with van der Waals surface area (Å²) in [4.78, 5) is 0. The van der Waals surface area contributed by atoms with Gasteiger partial charge in [-0.05, 0) is 44.4 Å². The molecule has 280 valence electrons. The summed E-state index contributed by atoms with van der Waals surface area (Å²) in [6, 6.07) is 39.6. The van der Waals surface area contributed by atoms with Gasteiger partial charge in [0, 0.05) is 0 Å². The van der Waals surface area contributed by atoms with E-state index >= 15 is 0 Å². The molecule has 0 saturated heterocycles. The van der Waals surface area contributed by atoms with Crippen molar-refractivity contribution in [2.45, 2.75) is 78.8 Å². The van der Waals surface area contributed by atoms with Gasteiger partial charge in [0.25, 0.3) is 20.2 Å². The molecule has 4 aromatic rings. The quantitative estimate of drug-likeness (QED) is 0.124. The summed E-state index contributed by atoms with van der Waals surface area (Å²) in [6.07, 6.45) is -2.48. The van der Waals surface area contributed by atoms with E-state index in [-0.39, 0.29) is 11.5 Å². The van der Waals surface area contributed by atoms with E-state index in [2.05, 4.69) is 0 Å². The molecule has 1 aliphatic rings. The highest BCUT2D eigenvalue weighted by Crippen LogP contribution is 2.33. The number of rotatable bonds is 16. The van der Waals surface area contributed by atoms with Crippen molar-refractivity contribution in [2.75, 3.05) is 11.5 Å². The van der Waals surface area contributed by atoms with Gasteiger partial charge in [-0.3, -0.25) is 8.37 Å². The maximum Gasteiger partial charge on any atom is 0.270 e. The van der Waals surface area contributed by atoms with Gasteiger partial charge in [-0.1, -0.05) is 163 Å². The normalized spacial score (nSPS) is 18.2. The molecule has 1 saturated carbocycles. The van der Waals surface area contributed by atoms with E-state index < -0.39 is 73.6 Å². The number of benzene rings is 4. The van der Waals surface area contributed by atoms with Crippen molar-refractivity contribution in [1.29, 1.82) is 0 Å². The highest BCUT2D eigenvalue weighted by Gasteiger charge is 2.43. The van der Waals surface area contributed by atoms with Gasteiger partial charge in [0.15, 0.2) is 0 Å². The van der Waals surface area contributed by atoms with Gasteiger partial charge >= 0.3 is 0 Å². The summed E-state index contributed by atoms with van der Waals surface area (Å²) in [6.45, 7) is 11.7. The van der Waals surface area contributed by atoms with Gasteiger partial charge in [-0.25, -0.2) is 0 Å². The average Bonchev–Trinajstić information content (AvgIpc) is 3.10. The van der Waals surface area contributed by atoms with Gasteiger partial charge in [-0.15, -0.1) is 0 Å². The van der Waals surface area contributed by atoms with Gasteiger partial charge in [0.1, 0.15) is 23.7 Å². The lowest BCUT2D eigenvalue weighted by molar-refractivity contribution is -0.0148. The first-order valence-electron chi connectivity index (χ1n) is 17.8. The predicted octanol–water partition coefficient (Wildman–Crippen LogP) is 4.15. The van der Waals surface area contributed by atoms with Crippen LogP contribution < -0.4 is 20.7 Å². The average molecular weight is 781 g/mol. The van der Waals surface area contributed by atoms with E-state index in [4.69, 9.17) is 17.2 Å². The van der Waals surface area contributed by atoms with E-state index in [9.17, 15) is 16.8 Å². The van der Waals surface area contributed by atoms with Gasteiger partial charge in [0.2, 0.25) is 18.1 Å². The fourth-order valence-corrected chi connectivity index (χ4v) is 14.9. The minimum atomic E-state index is -4.14. The first-order valence-corrected chi connectivity index (χ1v) is 24.2. The fraction of sp³-hybridized carbons (Fsp3) is 0.400. The van der Waals surface area contributed by atoms with Crippen LogP contribution in [-0.4, -0.2) is 70.8 Å². The Kier molecular flexibility index (Phi) is 13.2. The van der Waals surface area contributed by atoms with Gasteiger partial charge in [-0.2, -0.15) is 16.8 Å². The third-order valence-electron chi connectivity index (χ3n) is 9.34. The van der Waals surface area contributed by atoms with Crippen molar-refractivity contribution in [1.82, 2.24) is 0 Å². The van der Waals surface area contributed by atoms with Crippen LogP contribution >= 0.6 is 0 Å². The maximum absolute atomic E-state index is 13.6. The van der Waals surface area contributed by atoms with Crippen molar-refractivity contribution in [3.63, 3.8) is 0 Å². The Morgan fingerprint density at radius 2 is 0.750 bits per heavy atom. The van der Waals surface area contributed by atoms with Crippen molar-refractivity contribution in [3.05, 3.63) is 121 Å². The highest BCUT2D eigenvalue weighted by atomic mass is 32.2. The van der Waals surface area contributed by atoms with Gasteiger partial charge < -0.3 is 8.85 Å². The molecule has 8 nitrogen and oxygen atoms in total. The van der Waals surface area contributed by atoms with Crippen LogP contribution in [0.4, 0.5) is 0 Å². The molecule has 1 aliphatic carbocycles. The van der Waals surface area contributed by atoms with Crippen molar-refractivity contribution in [2.24, 2.45) is 10.8 Å².